The predicted molar refractivity (Wildman–Crippen MR) is 142 cm³/mol. The van der Waals surface area contributed by atoms with Crippen molar-refractivity contribution < 1.29 is 24.2 Å². The minimum absolute atomic E-state index is 0.0368. The number of amides is 1. The normalized spacial score (nSPS) is 17.2. The Bertz CT molecular complexity index is 1330. The molecule has 1 unspecified atom stereocenters. The molecule has 1 aromatic carbocycles. The van der Waals surface area contributed by atoms with E-state index < -0.39 is 17.7 Å². The number of nitrogens with zero attached hydrogens (tertiary/aromatic N) is 3. The Morgan fingerprint density at radius 1 is 1.08 bits per heavy atom. The van der Waals surface area contributed by atoms with Gasteiger partial charge in [0.05, 0.1) is 23.9 Å². The van der Waals surface area contributed by atoms with Crippen LogP contribution in [0, 0.1) is 13.8 Å². The zero-order valence-electron chi connectivity index (χ0n) is 22.0. The number of aliphatic hydroxyl groups excluding tert-OH is 1. The molecule has 2 aromatic heterocycles. The van der Waals surface area contributed by atoms with Gasteiger partial charge in [-0.15, -0.1) is 0 Å². The standard InChI is InChI=1S/C29H35N3O5/c1-5-6-7-17-37-22-13-8-12-21(18-22)25-23(27(34)29(35)32(25)15-10-16-36-4)26(33)24-20(3)31-14-9-11-19(2)28(31)30-24/h8-9,11-14,18,25,33H,5-7,10,15-17H2,1-4H3/b26-23+. The van der Waals surface area contributed by atoms with E-state index in [-0.39, 0.29) is 11.3 Å². The highest BCUT2D eigenvalue weighted by atomic mass is 16.5. The quantitative estimate of drug-likeness (QED) is 0.171. The van der Waals surface area contributed by atoms with E-state index in [1.165, 1.54) is 4.90 Å². The molecule has 3 aromatic rings. The number of rotatable bonds is 11. The zero-order chi connectivity index (χ0) is 26.5. The van der Waals surface area contributed by atoms with Gasteiger partial charge >= 0.3 is 0 Å². The highest BCUT2D eigenvalue weighted by Crippen LogP contribution is 2.40. The number of hydrogen-bond acceptors (Lipinski definition) is 6. The number of aliphatic hydroxyl groups is 1. The highest BCUT2D eigenvalue weighted by Gasteiger charge is 2.46. The maximum atomic E-state index is 13.4. The van der Waals surface area contributed by atoms with Crippen LogP contribution in [-0.2, 0) is 14.3 Å². The molecule has 1 N–H and O–H groups in total. The minimum atomic E-state index is -0.763. The summed E-state index contributed by atoms with van der Waals surface area (Å²) in [5.74, 6) is -0.972. The number of carbonyl (C=O) groups is 2. The first-order valence-corrected chi connectivity index (χ1v) is 12.8. The summed E-state index contributed by atoms with van der Waals surface area (Å²) in [7, 11) is 1.60. The van der Waals surface area contributed by atoms with Crippen molar-refractivity contribution in [2.45, 2.75) is 52.5 Å². The van der Waals surface area contributed by atoms with Gasteiger partial charge in [0.25, 0.3) is 11.7 Å². The molecule has 8 nitrogen and oxygen atoms in total. The third-order valence-electron chi connectivity index (χ3n) is 6.79. The summed E-state index contributed by atoms with van der Waals surface area (Å²) in [5.41, 5.74) is 3.34. The second-order valence-corrected chi connectivity index (χ2v) is 9.40. The molecule has 196 valence electrons. The fourth-order valence-corrected chi connectivity index (χ4v) is 4.83. The molecule has 37 heavy (non-hydrogen) atoms. The number of fused-ring (bicyclic) bond motifs is 1. The van der Waals surface area contributed by atoms with E-state index in [1.807, 2.05) is 60.8 Å². The summed E-state index contributed by atoms with van der Waals surface area (Å²) < 4.78 is 13.0. The summed E-state index contributed by atoms with van der Waals surface area (Å²) in [6.07, 6.45) is 5.54. The number of ether oxygens (including phenoxy) is 2. The molecule has 0 spiro atoms. The van der Waals surface area contributed by atoms with E-state index in [0.717, 1.165) is 24.8 Å². The number of hydrogen-bond donors (Lipinski definition) is 1. The van der Waals surface area contributed by atoms with Gasteiger partial charge in [-0.05, 0) is 56.0 Å². The van der Waals surface area contributed by atoms with Gasteiger partial charge in [-0.3, -0.25) is 9.59 Å². The molecule has 1 aliphatic rings. The van der Waals surface area contributed by atoms with E-state index in [4.69, 9.17) is 9.47 Å². The second-order valence-electron chi connectivity index (χ2n) is 9.40. The van der Waals surface area contributed by atoms with Crippen LogP contribution in [0.15, 0.2) is 48.2 Å². The molecule has 1 saturated heterocycles. The summed E-state index contributed by atoms with van der Waals surface area (Å²) in [6, 6.07) is 10.5. The molecular formula is C29H35N3O5. The zero-order valence-corrected chi connectivity index (χ0v) is 22.0. The fraction of sp³-hybridized carbons (Fsp3) is 0.414. The van der Waals surface area contributed by atoms with Gasteiger partial charge in [0.1, 0.15) is 17.1 Å². The largest absolute Gasteiger partial charge is 0.505 e. The summed E-state index contributed by atoms with van der Waals surface area (Å²) in [6.45, 7) is 7.26. The summed E-state index contributed by atoms with van der Waals surface area (Å²) >= 11 is 0. The number of pyridine rings is 1. The van der Waals surface area contributed by atoms with Crippen molar-refractivity contribution in [3.05, 3.63) is 70.7 Å². The van der Waals surface area contributed by atoms with Crippen molar-refractivity contribution in [3.8, 4) is 5.75 Å². The molecular weight excluding hydrogens is 470 g/mol. The van der Waals surface area contributed by atoms with Crippen LogP contribution in [0.2, 0.25) is 0 Å². The van der Waals surface area contributed by atoms with Crippen LogP contribution < -0.4 is 4.74 Å². The summed E-state index contributed by atoms with van der Waals surface area (Å²) in [4.78, 5) is 32.7. The first-order chi connectivity index (χ1) is 17.9. The average Bonchev–Trinajstić information content (AvgIpc) is 3.37. The number of unbranched alkanes of at least 4 members (excludes halogenated alkanes) is 2. The molecule has 0 aliphatic carbocycles. The maximum absolute atomic E-state index is 13.4. The first kappa shape index (κ1) is 26.4. The topological polar surface area (TPSA) is 93.4 Å². The molecule has 4 rings (SSSR count). The van der Waals surface area contributed by atoms with Crippen LogP contribution in [0.5, 0.6) is 5.75 Å². The molecule has 1 amide bonds. The number of imidazole rings is 1. The van der Waals surface area contributed by atoms with Crippen LogP contribution in [0.25, 0.3) is 11.4 Å². The fourth-order valence-electron chi connectivity index (χ4n) is 4.83. The lowest BCUT2D eigenvalue weighted by Gasteiger charge is -2.25. The Kier molecular flexibility index (Phi) is 8.28. The molecule has 3 heterocycles. The van der Waals surface area contributed by atoms with E-state index >= 15 is 0 Å². The van der Waals surface area contributed by atoms with E-state index in [0.29, 0.717) is 54.5 Å². The van der Waals surface area contributed by atoms with Crippen molar-refractivity contribution in [1.82, 2.24) is 14.3 Å². The van der Waals surface area contributed by atoms with Gasteiger partial charge in [0.15, 0.2) is 5.76 Å². The van der Waals surface area contributed by atoms with Gasteiger partial charge in [-0.25, -0.2) is 4.98 Å². The van der Waals surface area contributed by atoms with Crippen molar-refractivity contribution in [1.29, 1.82) is 0 Å². The number of methoxy groups -OCH3 is 1. The number of aryl methyl sites for hydroxylation is 2. The molecule has 0 saturated carbocycles. The van der Waals surface area contributed by atoms with Gasteiger partial charge in [-0.2, -0.15) is 0 Å². The van der Waals surface area contributed by atoms with E-state index in [1.54, 1.807) is 7.11 Å². The lowest BCUT2D eigenvalue weighted by atomic mass is 9.96. The van der Waals surface area contributed by atoms with Crippen LogP contribution in [0.4, 0.5) is 0 Å². The van der Waals surface area contributed by atoms with Gasteiger partial charge in [0.2, 0.25) is 0 Å². The lowest BCUT2D eigenvalue weighted by molar-refractivity contribution is -0.140. The monoisotopic (exact) mass is 505 g/mol. The van der Waals surface area contributed by atoms with Crippen LogP contribution in [-0.4, -0.2) is 57.9 Å². The number of aromatic nitrogens is 2. The predicted octanol–water partition coefficient (Wildman–Crippen LogP) is 4.98. The highest BCUT2D eigenvalue weighted by molar-refractivity contribution is 6.46. The van der Waals surface area contributed by atoms with Crippen LogP contribution >= 0.6 is 0 Å². The van der Waals surface area contributed by atoms with E-state index in [2.05, 4.69) is 11.9 Å². The lowest BCUT2D eigenvalue weighted by Crippen LogP contribution is -2.31. The molecule has 1 fully saturated rings. The summed E-state index contributed by atoms with van der Waals surface area (Å²) in [5, 5.41) is 11.5. The minimum Gasteiger partial charge on any atom is -0.505 e. The number of likely N-dealkylation sites (tertiary alicyclic amines) is 1. The number of benzene rings is 1. The molecule has 1 aliphatic heterocycles. The number of Topliss-reactive ketones (excluding diaryl/α,β-unsaturated/α-hetero) is 1. The van der Waals surface area contributed by atoms with Crippen molar-refractivity contribution in [2.75, 3.05) is 26.9 Å². The van der Waals surface area contributed by atoms with Crippen LogP contribution in [0.3, 0.4) is 0 Å². The number of ketones is 1. The van der Waals surface area contributed by atoms with E-state index in [9.17, 15) is 14.7 Å². The molecule has 8 heteroatoms. The Balaban J connectivity index is 1.80. The molecule has 0 radical (unpaired) electrons. The Morgan fingerprint density at radius 2 is 1.89 bits per heavy atom. The maximum Gasteiger partial charge on any atom is 0.295 e. The number of carbonyl (C=O) groups excluding carboxylic acids is 2. The Morgan fingerprint density at radius 3 is 2.62 bits per heavy atom. The Labute approximate surface area is 217 Å². The second kappa shape index (κ2) is 11.6. The Hall–Kier alpha value is -3.65. The van der Waals surface area contributed by atoms with Crippen LogP contribution in [0.1, 0.15) is 61.2 Å². The smallest absolute Gasteiger partial charge is 0.295 e. The van der Waals surface area contributed by atoms with Gasteiger partial charge in [0, 0.05) is 26.5 Å². The SMILES string of the molecule is CCCCCOc1cccc(C2/C(=C(\O)c3nc4c(C)cccn4c3C)C(=O)C(=O)N2CCCOC)c1. The van der Waals surface area contributed by atoms with Crippen molar-refractivity contribution in [3.63, 3.8) is 0 Å². The van der Waals surface area contributed by atoms with Crippen molar-refractivity contribution >= 4 is 23.1 Å². The molecule has 1 atom stereocenters. The third kappa shape index (κ3) is 5.25. The van der Waals surface area contributed by atoms with Gasteiger partial charge in [-0.1, -0.05) is 38.0 Å². The molecule has 0 bridgehead atoms. The average molecular weight is 506 g/mol. The van der Waals surface area contributed by atoms with Crippen molar-refractivity contribution in [2.24, 2.45) is 0 Å². The third-order valence-corrected chi connectivity index (χ3v) is 6.79. The first-order valence-electron chi connectivity index (χ1n) is 12.8. The van der Waals surface area contributed by atoms with Gasteiger partial charge < -0.3 is 23.9 Å².